The minimum atomic E-state index is 0.209. The molecule has 11 heavy (non-hydrogen) atoms. The average molecular weight is 159 g/mol. The van der Waals surface area contributed by atoms with Crippen LogP contribution in [-0.2, 0) is 4.74 Å². The summed E-state index contributed by atoms with van der Waals surface area (Å²) in [6.07, 6.45) is 0.344. The molecule has 0 spiro atoms. The average Bonchev–Trinajstić information content (AvgIpc) is 1.78. The molecule has 0 aromatic heterocycles. The second-order valence-corrected chi connectivity index (χ2v) is 4.10. The second kappa shape index (κ2) is 4.73. The third kappa shape index (κ3) is 9.92. The Bertz CT molecular complexity index is 94.2. The largest absolute Gasteiger partial charge is 0.377 e. The number of rotatable bonds is 4. The van der Waals surface area contributed by atoms with Gasteiger partial charge in [0.1, 0.15) is 0 Å². The van der Waals surface area contributed by atoms with Gasteiger partial charge in [0.2, 0.25) is 0 Å². The lowest BCUT2D eigenvalue weighted by atomic mass is 10.1. The van der Waals surface area contributed by atoms with Crippen LogP contribution in [-0.4, -0.2) is 24.8 Å². The highest BCUT2D eigenvalue weighted by molar-refractivity contribution is 4.69. The van der Waals surface area contributed by atoms with E-state index in [4.69, 9.17) is 4.74 Å². The summed E-state index contributed by atoms with van der Waals surface area (Å²) in [5.41, 5.74) is 0.209. The Kier molecular flexibility index (Phi) is 4.69. The molecule has 0 bridgehead atoms. The van der Waals surface area contributed by atoms with Gasteiger partial charge in [0.15, 0.2) is 0 Å². The van der Waals surface area contributed by atoms with E-state index in [1.165, 1.54) is 0 Å². The van der Waals surface area contributed by atoms with Crippen LogP contribution in [0.25, 0.3) is 0 Å². The lowest BCUT2D eigenvalue weighted by Gasteiger charge is -2.20. The summed E-state index contributed by atoms with van der Waals surface area (Å²) >= 11 is 0. The fraction of sp³-hybridized carbons (Fsp3) is 1.00. The summed E-state index contributed by atoms with van der Waals surface area (Å²) < 4.78 is 5.37. The van der Waals surface area contributed by atoms with E-state index in [0.717, 1.165) is 13.2 Å². The Morgan fingerprint density at radius 1 is 1.27 bits per heavy atom. The van der Waals surface area contributed by atoms with Crippen molar-refractivity contribution in [3.8, 4) is 0 Å². The number of nitrogens with one attached hydrogen (secondary N) is 1. The molecule has 0 radical (unpaired) electrons. The fourth-order valence-corrected chi connectivity index (χ4v) is 0.721. The van der Waals surface area contributed by atoms with E-state index in [-0.39, 0.29) is 5.54 Å². The van der Waals surface area contributed by atoms with Crippen molar-refractivity contribution in [3.05, 3.63) is 0 Å². The smallest absolute Gasteiger partial charge is 0.0594 e. The minimum absolute atomic E-state index is 0.209. The molecule has 0 fully saturated rings. The zero-order valence-corrected chi connectivity index (χ0v) is 8.40. The van der Waals surface area contributed by atoms with Crippen LogP contribution >= 0.6 is 0 Å². The third-order valence-electron chi connectivity index (χ3n) is 1.21. The zero-order chi connectivity index (χ0) is 8.91. The van der Waals surface area contributed by atoms with Gasteiger partial charge in [0, 0.05) is 12.1 Å². The molecule has 0 saturated carbocycles. The normalized spacial score (nSPS) is 12.5. The van der Waals surface area contributed by atoms with Crippen molar-refractivity contribution >= 4 is 0 Å². The van der Waals surface area contributed by atoms with Gasteiger partial charge in [-0.2, -0.15) is 0 Å². The Morgan fingerprint density at radius 2 is 1.82 bits per heavy atom. The zero-order valence-electron chi connectivity index (χ0n) is 8.40. The highest BCUT2D eigenvalue weighted by Crippen LogP contribution is 1.97. The van der Waals surface area contributed by atoms with Gasteiger partial charge in [-0.05, 0) is 34.6 Å². The fourth-order valence-electron chi connectivity index (χ4n) is 0.721. The highest BCUT2D eigenvalue weighted by atomic mass is 16.5. The van der Waals surface area contributed by atoms with Crippen LogP contribution in [0, 0.1) is 0 Å². The monoisotopic (exact) mass is 159 g/mol. The number of hydrogen-bond donors (Lipinski definition) is 1. The van der Waals surface area contributed by atoms with E-state index in [1.807, 2.05) is 0 Å². The maximum atomic E-state index is 5.37. The van der Waals surface area contributed by atoms with Crippen LogP contribution in [0.2, 0.25) is 0 Å². The summed E-state index contributed by atoms with van der Waals surface area (Å²) in [5.74, 6) is 0. The molecule has 0 rings (SSSR count). The Balaban J connectivity index is 3.15. The first kappa shape index (κ1) is 10.9. The van der Waals surface area contributed by atoms with Crippen LogP contribution in [0.3, 0.4) is 0 Å². The van der Waals surface area contributed by atoms with Gasteiger partial charge >= 0.3 is 0 Å². The van der Waals surface area contributed by atoms with Crippen LogP contribution in [0.4, 0.5) is 0 Å². The third-order valence-corrected chi connectivity index (χ3v) is 1.21. The van der Waals surface area contributed by atoms with E-state index in [0.29, 0.717) is 6.10 Å². The van der Waals surface area contributed by atoms with Gasteiger partial charge in [-0.1, -0.05) is 0 Å². The first-order valence-corrected chi connectivity index (χ1v) is 4.28. The molecular formula is C9H21NO. The Morgan fingerprint density at radius 3 is 2.18 bits per heavy atom. The SMILES string of the molecule is CC(C)OCCNC(C)(C)C. The molecule has 0 aromatic rings. The minimum Gasteiger partial charge on any atom is -0.377 e. The molecule has 0 unspecified atom stereocenters. The lowest BCUT2D eigenvalue weighted by molar-refractivity contribution is 0.0775. The molecule has 0 aliphatic carbocycles. The van der Waals surface area contributed by atoms with Crippen molar-refractivity contribution in [1.29, 1.82) is 0 Å². The molecule has 0 aromatic carbocycles. The van der Waals surface area contributed by atoms with E-state index in [2.05, 4.69) is 39.9 Å². The molecule has 68 valence electrons. The van der Waals surface area contributed by atoms with Crippen LogP contribution in [0.1, 0.15) is 34.6 Å². The molecule has 2 heteroatoms. The predicted octanol–water partition coefficient (Wildman–Crippen LogP) is 1.80. The van der Waals surface area contributed by atoms with Crippen LogP contribution in [0.15, 0.2) is 0 Å². The molecule has 0 aliphatic rings. The van der Waals surface area contributed by atoms with Crippen molar-refractivity contribution in [1.82, 2.24) is 5.32 Å². The Labute approximate surface area is 70.3 Å². The van der Waals surface area contributed by atoms with E-state index < -0.39 is 0 Å². The van der Waals surface area contributed by atoms with Gasteiger partial charge < -0.3 is 10.1 Å². The van der Waals surface area contributed by atoms with Crippen molar-refractivity contribution in [2.45, 2.75) is 46.3 Å². The first-order chi connectivity index (χ1) is 4.92. The molecule has 0 heterocycles. The number of hydrogen-bond acceptors (Lipinski definition) is 2. The molecular weight excluding hydrogens is 138 g/mol. The molecule has 0 aliphatic heterocycles. The topological polar surface area (TPSA) is 21.3 Å². The van der Waals surface area contributed by atoms with Crippen molar-refractivity contribution in [2.75, 3.05) is 13.2 Å². The predicted molar refractivity (Wildman–Crippen MR) is 48.8 cm³/mol. The van der Waals surface area contributed by atoms with E-state index in [9.17, 15) is 0 Å². The maximum absolute atomic E-state index is 5.37. The molecule has 2 nitrogen and oxygen atoms in total. The summed E-state index contributed by atoms with van der Waals surface area (Å²) in [6, 6.07) is 0. The van der Waals surface area contributed by atoms with Crippen molar-refractivity contribution in [3.63, 3.8) is 0 Å². The van der Waals surface area contributed by atoms with E-state index >= 15 is 0 Å². The molecule has 0 amide bonds. The standard InChI is InChI=1S/C9H21NO/c1-8(2)11-7-6-10-9(3,4)5/h8,10H,6-7H2,1-5H3. The van der Waals surface area contributed by atoms with Gasteiger partial charge in [0.25, 0.3) is 0 Å². The molecule has 1 N–H and O–H groups in total. The molecule has 0 atom stereocenters. The molecule has 0 saturated heterocycles. The summed E-state index contributed by atoms with van der Waals surface area (Å²) in [6.45, 7) is 12.3. The summed E-state index contributed by atoms with van der Waals surface area (Å²) in [4.78, 5) is 0. The van der Waals surface area contributed by atoms with Gasteiger partial charge in [-0.3, -0.25) is 0 Å². The lowest BCUT2D eigenvalue weighted by Crippen LogP contribution is -2.38. The highest BCUT2D eigenvalue weighted by Gasteiger charge is 2.07. The van der Waals surface area contributed by atoms with Crippen molar-refractivity contribution in [2.24, 2.45) is 0 Å². The maximum Gasteiger partial charge on any atom is 0.0594 e. The van der Waals surface area contributed by atoms with Gasteiger partial charge in [-0.25, -0.2) is 0 Å². The van der Waals surface area contributed by atoms with E-state index in [1.54, 1.807) is 0 Å². The van der Waals surface area contributed by atoms with Gasteiger partial charge in [0.05, 0.1) is 12.7 Å². The second-order valence-electron chi connectivity index (χ2n) is 4.10. The quantitative estimate of drug-likeness (QED) is 0.632. The van der Waals surface area contributed by atoms with Crippen molar-refractivity contribution < 1.29 is 4.74 Å². The van der Waals surface area contributed by atoms with Crippen LogP contribution < -0.4 is 5.32 Å². The Hall–Kier alpha value is -0.0800. The van der Waals surface area contributed by atoms with Gasteiger partial charge in [-0.15, -0.1) is 0 Å². The summed E-state index contributed by atoms with van der Waals surface area (Å²) in [5, 5.41) is 3.35. The first-order valence-electron chi connectivity index (χ1n) is 4.28. The van der Waals surface area contributed by atoms with Crippen LogP contribution in [0.5, 0.6) is 0 Å². The summed E-state index contributed by atoms with van der Waals surface area (Å²) in [7, 11) is 0. The number of ether oxygens (including phenoxy) is 1.